The third-order valence-electron chi connectivity index (χ3n) is 7.38. The summed E-state index contributed by atoms with van der Waals surface area (Å²) in [7, 11) is 0. The SMILES string of the molecule is CC1=CC[C]([Zr](=[SiH2])([C]2=C(C)C(C)=CC2)([CH](C)C)[CH](C)C)=C1C.Cl.Cl. The molecule has 4 heteroatoms. The van der Waals surface area contributed by atoms with Gasteiger partial charge in [-0.1, -0.05) is 0 Å². The maximum absolute atomic E-state index is 3.25. The van der Waals surface area contributed by atoms with Crippen molar-refractivity contribution in [1.29, 1.82) is 0 Å². The molecule has 0 radical (unpaired) electrons. The third-order valence-corrected chi connectivity index (χ3v) is 44.9. The Morgan fingerprint density at radius 1 is 0.750 bits per heavy atom. The summed E-state index contributed by atoms with van der Waals surface area (Å²) in [5, 5.41) is 0. The summed E-state index contributed by atoms with van der Waals surface area (Å²) in [5.74, 6) is 0. The van der Waals surface area contributed by atoms with Gasteiger partial charge in [0, 0.05) is 0 Å². The van der Waals surface area contributed by atoms with E-state index in [9.17, 15) is 0 Å². The topological polar surface area (TPSA) is 0 Å². The molecule has 2 aliphatic rings. The van der Waals surface area contributed by atoms with Crippen LogP contribution in [-0.4, -0.2) is 6.88 Å². The minimum Gasteiger partial charge on any atom is -0.147 e. The van der Waals surface area contributed by atoms with Gasteiger partial charge in [0.2, 0.25) is 0 Å². The van der Waals surface area contributed by atoms with Crippen LogP contribution in [0, 0.1) is 0 Å². The van der Waals surface area contributed by atoms with Gasteiger partial charge in [-0.25, -0.2) is 0 Å². The first-order chi connectivity index (χ1) is 10.1. The zero-order chi connectivity index (χ0) is 16.9. The molecule has 0 unspecified atom stereocenters. The molecular formula is C20H36Cl2SiZr. The molecule has 0 amide bonds. The summed E-state index contributed by atoms with van der Waals surface area (Å²) in [4.78, 5) is 0. The van der Waals surface area contributed by atoms with Crippen molar-refractivity contribution >= 4 is 31.7 Å². The van der Waals surface area contributed by atoms with E-state index < -0.39 is 17.4 Å². The van der Waals surface area contributed by atoms with Crippen molar-refractivity contribution in [3.8, 4) is 0 Å². The summed E-state index contributed by atoms with van der Waals surface area (Å²) in [5.41, 5.74) is 6.33. The molecule has 0 spiro atoms. The maximum atomic E-state index is 2.53. The van der Waals surface area contributed by atoms with E-state index in [1.165, 1.54) is 24.0 Å². The van der Waals surface area contributed by atoms with E-state index in [2.05, 4.69) is 74.4 Å². The van der Waals surface area contributed by atoms with Crippen molar-refractivity contribution < 1.29 is 17.4 Å². The van der Waals surface area contributed by atoms with Gasteiger partial charge in [0.1, 0.15) is 0 Å². The Kier molecular flexibility index (Phi) is 8.33. The molecule has 0 saturated carbocycles. The second-order valence-electron chi connectivity index (χ2n) is 8.33. The molecular weight excluding hydrogens is 430 g/mol. The van der Waals surface area contributed by atoms with E-state index >= 15 is 0 Å². The molecule has 0 atom stereocenters. The van der Waals surface area contributed by atoms with E-state index in [-0.39, 0.29) is 24.8 Å². The van der Waals surface area contributed by atoms with Crippen molar-refractivity contribution in [3.05, 3.63) is 41.0 Å². The number of rotatable bonds is 4. The van der Waals surface area contributed by atoms with Crippen LogP contribution >= 0.6 is 24.8 Å². The summed E-state index contributed by atoms with van der Waals surface area (Å²) < 4.78 is 5.38. The fraction of sp³-hybridized carbons (Fsp3) is 0.600. The summed E-state index contributed by atoms with van der Waals surface area (Å²) >= 11 is -3.25. The van der Waals surface area contributed by atoms with E-state index in [1.54, 1.807) is 11.1 Å². The van der Waals surface area contributed by atoms with Crippen LogP contribution in [0.1, 0.15) is 68.2 Å². The summed E-state index contributed by atoms with van der Waals surface area (Å²) in [6, 6.07) is 0. The van der Waals surface area contributed by atoms with Crippen LogP contribution in [0.2, 0.25) is 7.25 Å². The van der Waals surface area contributed by atoms with Crippen molar-refractivity contribution in [3.63, 3.8) is 0 Å². The minimum absolute atomic E-state index is 0. The van der Waals surface area contributed by atoms with Gasteiger partial charge in [-0.3, -0.25) is 0 Å². The number of hydrogen-bond acceptors (Lipinski definition) is 0. The van der Waals surface area contributed by atoms with Crippen LogP contribution in [-0.2, 0) is 17.4 Å². The summed E-state index contributed by atoms with van der Waals surface area (Å²) in [6.07, 6.45) is 7.42. The zero-order valence-electron chi connectivity index (χ0n) is 16.7. The van der Waals surface area contributed by atoms with Gasteiger partial charge in [0.05, 0.1) is 0 Å². The van der Waals surface area contributed by atoms with Crippen LogP contribution < -0.4 is 0 Å². The Balaban J connectivity index is 0.00000264. The number of halogens is 2. The minimum atomic E-state index is -3.25. The normalized spacial score (nSPS) is 18.8. The van der Waals surface area contributed by atoms with E-state index in [0.29, 0.717) is 0 Å². The second kappa shape index (κ2) is 8.12. The quantitative estimate of drug-likeness (QED) is 0.392. The largest absolute Gasteiger partial charge is 0.147 e. The van der Waals surface area contributed by atoms with Crippen molar-refractivity contribution in [2.45, 2.75) is 75.5 Å². The van der Waals surface area contributed by atoms with Crippen molar-refractivity contribution in [2.75, 3.05) is 0 Å². The summed E-state index contributed by atoms with van der Waals surface area (Å²) in [6.45, 7) is 22.0. The zero-order valence-corrected chi connectivity index (χ0v) is 22.3. The van der Waals surface area contributed by atoms with Gasteiger partial charge < -0.3 is 0 Å². The molecule has 0 nitrogen and oxygen atoms in total. The van der Waals surface area contributed by atoms with Gasteiger partial charge in [0.25, 0.3) is 0 Å². The fourth-order valence-corrected chi connectivity index (χ4v) is 29.3. The molecule has 24 heavy (non-hydrogen) atoms. The predicted octanol–water partition coefficient (Wildman–Crippen LogP) is 6.97. The first-order valence-electron chi connectivity index (χ1n) is 8.84. The molecule has 0 heterocycles. The average Bonchev–Trinajstić information content (AvgIpc) is 2.94. The Morgan fingerprint density at radius 2 is 1.04 bits per heavy atom. The second-order valence-corrected chi connectivity index (χ2v) is 34.0. The van der Waals surface area contributed by atoms with Crippen LogP contribution in [0.3, 0.4) is 0 Å². The van der Waals surface area contributed by atoms with Crippen molar-refractivity contribution in [2.24, 2.45) is 0 Å². The average molecular weight is 467 g/mol. The molecule has 0 aromatic heterocycles. The van der Waals surface area contributed by atoms with E-state index in [0.717, 1.165) is 7.25 Å². The Labute approximate surface area is 164 Å². The molecule has 2 rings (SSSR count). The Hall–Kier alpha value is 0.640. The smallest absolute Gasteiger partial charge is 0.147 e. The molecule has 0 aromatic carbocycles. The van der Waals surface area contributed by atoms with Crippen LogP contribution in [0.15, 0.2) is 41.0 Å². The van der Waals surface area contributed by atoms with Crippen LogP contribution in [0.5, 0.6) is 0 Å². The van der Waals surface area contributed by atoms with E-state index in [1.807, 2.05) is 6.56 Å². The Bertz CT molecular complexity index is 643. The molecule has 0 bridgehead atoms. The standard InChI is InChI=1S/2C7H9.2C3H7.2ClH.H2Si.Zr/c2*1-6-4-3-5-7(6)2;2*1-3-2;;;;/h2*4H,3H2,1-2H3;2*3H,1-2H3;2*1H;1H2;. The maximum Gasteiger partial charge on any atom is -0.147 e. The van der Waals surface area contributed by atoms with Crippen LogP contribution in [0.25, 0.3) is 0 Å². The monoisotopic (exact) mass is 464 g/mol. The molecule has 0 N–H and O–H groups in total. The van der Waals surface area contributed by atoms with Gasteiger partial charge in [-0.05, 0) is 0 Å². The fourth-order valence-electron chi connectivity index (χ4n) is 5.21. The predicted molar refractivity (Wildman–Crippen MR) is 115 cm³/mol. The number of hydrogen-bond donors (Lipinski definition) is 0. The van der Waals surface area contributed by atoms with Gasteiger partial charge in [-0.2, -0.15) is 0 Å². The van der Waals surface area contributed by atoms with Gasteiger partial charge >= 0.3 is 141 Å². The molecule has 0 aliphatic heterocycles. The number of allylic oxidation sites excluding steroid dienone is 8. The van der Waals surface area contributed by atoms with Crippen molar-refractivity contribution in [1.82, 2.24) is 0 Å². The van der Waals surface area contributed by atoms with Gasteiger partial charge in [0.15, 0.2) is 0 Å². The molecule has 2 aliphatic carbocycles. The molecule has 138 valence electrons. The first kappa shape index (κ1) is 24.6. The van der Waals surface area contributed by atoms with E-state index in [4.69, 9.17) is 0 Å². The molecule has 0 fully saturated rings. The third kappa shape index (κ3) is 3.08. The molecule has 0 aromatic rings. The molecule has 0 saturated heterocycles. The van der Waals surface area contributed by atoms with Gasteiger partial charge in [-0.15, -0.1) is 24.8 Å². The first-order valence-corrected chi connectivity index (χ1v) is 20.1. The Morgan fingerprint density at radius 3 is 1.21 bits per heavy atom. The van der Waals surface area contributed by atoms with Crippen LogP contribution in [0.4, 0.5) is 0 Å².